The zero-order chi connectivity index (χ0) is 26.5. The molecule has 1 saturated heterocycles. The van der Waals surface area contributed by atoms with Gasteiger partial charge in [0.25, 0.3) is 11.7 Å². The van der Waals surface area contributed by atoms with Crippen molar-refractivity contribution in [3.63, 3.8) is 0 Å². The van der Waals surface area contributed by atoms with Crippen LogP contribution in [0.1, 0.15) is 29.8 Å². The second-order valence-corrected chi connectivity index (χ2v) is 8.11. The van der Waals surface area contributed by atoms with Gasteiger partial charge in [0.2, 0.25) is 0 Å². The number of amides is 1. The maximum absolute atomic E-state index is 13.4. The number of rotatable bonds is 8. The zero-order valence-electron chi connectivity index (χ0n) is 20.6. The van der Waals surface area contributed by atoms with Gasteiger partial charge in [-0.2, -0.15) is 0 Å². The molecular formula is C28H26N2O7. The summed E-state index contributed by atoms with van der Waals surface area (Å²) >= 11 is 0. The minimum atomic E-state index is -1.02. The van der Waals surface area contributed by atoms with Crippen LogP contribution in [0.15, 0.2) is 72.4 Å². The molecule has 0 bridgehead atoms. The van der Waals surface area contributed by atoms with Gasteiger partial charge in [-0.1, -0.05) is 24.3 Å². The second-order valence-electron chi connectivity index (χ2n) is 8.11. The Bertz CT molecular complexity index is 1330. The van der Waals surface area contributed by atoms with Crippen molar-refractivity contribution in [2.75, 3.05) is 25.7 Å². The van der Waals surface area contributed by atoms with Crippen LogP contribution in [-0.2, 0) is 25.5 Å². The number of Topliss-reactive ketones (excluding diaryl/α,β-unsaturated/α-hetero) is 1. The number of ketones is 1. The van der Waals surface area contributed by atoms with Crippen molar-refractivity contribution in [1.29, 1.82) is 0 Å². The van der Waals surface area contributed by atoms with E-state index in [1.807, 2.05) is 0 Å². The number of nitrogens with zero attached hydrogens (tertiary/aromatic N) is 2. The summed E-state index contributed by atoms with van der Waals surface area (Å²) in [4.78, 5) is 44.3. The molecule has 1 N–H and O–H groups in total. The number of aliphatic hydroxyl groups is 1. The van der Waals surface area contributed by atoms with E-state index < -0.39 is 23.5 Å². The topological polar surface area (TPSA) is 115 Å². The number of ether oxygens (including phenoxy) is 3. The number of aliphatic hydroxyl groups excluding tert-OH is 1. The highest BCUT2D eigenvalue weighted by molar-refractivity contribution is 6.51. The predicted octanol–water partition coefficient (Wildman–Crippen LogP) is 3.83. The van der Waals surface area contributed by atoms with Crippen LogP contribution in [0.4, 0.5) is 5.69 Å². The summed E-state index contributed by atoms with van der Waals surface area (Å²) in [5.74, 6) is -1.97. The number of aromatic nitrogens is 1. The summed E-state index contributed by atoms with van der Waals surface area (Å²) in [6.45, 7) is 2.01. The predicted molar refractivity (Wildman–Crippen MR) is 135 cm³/mol. The van der Waals surface area contributed by atoms with E-state index >= 15 is 0 Å². The first-order valence-electron chi connectivity index (χ1n) is 11.6. The summed E-state index contributed by atoms with van der Waals surface area (Å²) in [6.07, 6.45) is 1.62. The van der Waals surface area contributed by atoms with E-state index in [1.54, 1.807) is 73.8 Å². The monoisotopic (exact) mass is 502 g/mol. The van der Waals surface area contributed by atoms with Crippen molar-refractivity contribution in [2.45, 2.75) is 19.4 Å². The normalized spacial score (nSPS) is 16.5. The van der Waals surface area contributed by atoms with Gasteiger partial charge in [-0.3, -0.25) is 24.3 Å². The molecule has 2 heterocycles. The Kier molecular flexibility index (Phi) is 7.52. The van der Waals surface area contributed by atoms with Crippen molar-refractivity contribution in [1.82, 2.24) is 4.98 Å². The molecule has 1 aliphatic heterocycles. The van der Waals surface area contributed by atoms with Gasteiger partial charge in [-0.05, 0) is 48.9 Å². The van der Waals surface area contributed by atoms with Crippen molar-refractivity contribution in [3.05, 3.63) is 89.3 Å². The molecular weight excluding hydrogens is 476 g/mol. The fourth-order valence-electron chi connectivity index (χ4n) is 4.29. The molecule has 2 aromatic carbocycles. The first-order chi connectivity index (χ1) is 17.9. The quantitative estimate of drug-likeness (QED) is 0.214. The van der Waals surface area contributed by atoms with Crippen molar-refractivity contribution in [2.24, 2.45) is 0 Å². The molecule has 0 saturated carbocycles. The summed E-state index contributed by atoms with van der Waals surface area (Å²) in [5, 5.41) is 11.5. The molecule has 0 spiro atoms. The first-order valence-corrected chi connectivity index (χ1v) is 11.6. The van der Waals surface area contributed by atoms with E-state index in [2.05, 4.69) is 4.98 Å². The second kappa shape index (κ2) is 10.9. The Morgan fingerprint density at radius 2 is 1.65 bits per heavy atom. The van der Waals surface area contributed by atoms with Crippen LogP contribution in [0.25, 0.3) is 5.76 Å². The van der Waals surface area contributed by atoms with E-state index in [0.717, 1.165) is 0 Å². The Morgan fingerprint density at radius 1 is 0.973 bits per heavy atom. The third-order valence-electron chi connectivity index (χ3n) is 5.95. The van der Waals surface area contributed by atoms with E-state index in [0.29, 0.717) is 16.9 Å². The molecule has 1 unspecified atom stereocenters. The average molecular weight is 503 g/mol. The lowest BCUT2D eigenvalue weighted by atomic mass is 9.97. The largest absolute Gasteiger partial charge is 0.506 e. The van der Waals surface area contributed by atoms with Gasteiger partial charge >= 0.3 is 5.97 Å². The van der Waals surface area contributed by atoms with Crippen molar-refractivity contribution >= 4 is 29.1 Å². The van der Waals surface area contributed by atoms with Crippen molar-refractivity contribution in [3.8, 4) is 11.5 Å². The van der Waals surface area contributed by atoms with E-state index in [-0.39, 0.29) is 41.6 Å². The number of methoxy groups -OCH3 is 2. The molecule has 1 atom stereocenters. The fraction of sp³-hybridized carbons (Fsp3) is 0.214. The minimum Gasteiger partial charge on any atom is -0.506 e. The van der Waals surface area contributed by atoms with Gasteiger partial charge in [0.05, 0.1) is 38.5 Å². The van der Waals surface area contributed by atoms with Crippen LogP contribution in [0.5, 0.6) is 11.5 Å². The number of benzene rings is 2. The number of carbonyl (C=O) groups excluding carboxylic acids is 3. The van der Waals surface area contributed by atoms with E-state index in [4.69, 9.17) is 14.2 Å². The van der Waals surface area contributed by atoms with Gasteiger partial charge < -0.3 is 19.3 Å². The minimum absolute atomic E-state index is 0.0736. The molecule has 1 fully saturated rings. The third kappa shape index (κ3) is 4.88. The Balaban J connectivity index is 1.86. The SMILES string of the molecule is CCOC(=O)Cc1ccc(N2C(=O)C(=O)/C(=C(/O)c3c(OC)cccc3OC)C2c2ccccn2)cc1. The number of carbonyl (C=O) groups is 3. The van der Waals surface area contributed by atoms with Crippen molar-refractivity contribution < 1.29 is 33.7 Å². The number of esters is 1. The maximum atomic E-state index is 13.4. The van der Waals surface area contributed by atoms with Crippen LogP contribution in [0, 0.1) is 0 Å². The van der Waals surface area contributed by atoms with E-state index in [9.17, 15) is 19.5 Å². The van der Waals surface area contributed by atoms with Gasteiger partial charge in [-0.25, -0.2) is 0 Å². The molecule has 1 aliphatic rings. The van der Waals surface area contributed by atoms with Crippen LogP contribution in [-0.4, -0.2) is 48.6 Å². The first kappa shape index (κ1) is 25.4. The summed E-state index contributed by atoms with van der Waals surface area (Å²) in [7, 11) is 2.86. The molecule has 190 valence electrons. The molecule has 9 nitrogen and oxygen atoms in total. The average Bonchev–Trinajstić information content (AvgIpc) is 3.19. The standard InChI is InChI=1S/C28H26N2O7/c1-4-37-22(31)16-17-11-13-18(14-12-17)30-25(19-8-5-6-15-29-19)24(27(33)28(30)34)26(32)23-20(35-2)9-7-10-21(23)36-3/h5-15,25,32H,4,16H2,1-3H3/b26-24+. The number of hydrogen-bond donors (Lipinski definition) is 1. The van der Waals surface area contributed by atoms with Crippen LogP contribution in [0.2, 0.25) is 0 Å². The van der Waals surface area contributed by atoms with Crippen LogP contribution >= 0.6 is 0 Å². The highest BCUT2D eigenvalue weighted by Gasteiger charge is 2.48. The van der Waals surface area contributed by atoms with Gasteiger partial charge in [0.15, 0.2) is 0 Å². The Labute approximate surface area is 213 Å². The lowest BCUT2D eigenvalue weighted by molar-refractivity contribution is -0.142. The molecule has 0 aliphatic carbocycles. The van der Waals surface area contributed by atoms with Gasteiger partial charge in [0, 0.05) is 11.9 Å². The zero-order valence-corrected chi connectivity index (χ0v) is 20.6. The molecule has 1 aromatic heterocycles. The summed E-state index contributed by atoms with van der Waals surface area (Å²) in [6, 6.07) is 15.7. The van der Waals surface area contributed by atoms with Crippen LogP contribution < -0.4 is 14.4 Å². The lowest BCUT2D eigenvalue weighted by Gasteiger charge is -2.25. The third-order valence-corrected chi connectivity index (χ3v) is 5.95. The molecule has 37 heavy (non-hydrogen) atoms. The summed E-state index contributed by atoms with van der Waals surface area (Å²) in [5.41, 5.74) is 1.47. The molecule has 3 aromatic rings. The fourth-order valence-corrected chi connectivity index (χ4v) is 4.29. The maximum Gasteiger partial charge on any atom is 0.310 e. The highest BCUT2D eigenvalue weighted by Crippen LogP contribution is 2.44. The smallest absolute Gasteiger partial charge is 0.310 e. The number of pyridine rings is 1. The highest BCUT2D eigenvalue weighted by atomic mass is 16.5. The molecule has 0 radical (unpaired) electrons. The number of hydrogen-bond acceptors (Lipinski definition) is 8. The van der Waals surface area contributed by atoms with E-state index in [1.165, 1.54) is 19.1 Å². The molecule has 4 rings (SSSR count). The number of anilines is 1. The van der Waals surface area contributed by atoms with Gasteiger partial charge in [0.1, 0.15) is 28.9 Å². The Morgan fingerprint density at radius 3 is 2.22 bits per heavy atom. The Hall–Kier alpha value is -4.66. The molecule has 9 heteroatoms. The lowest BCUT2D eigenvalue weighted by Crippen LogP contribution is -2.29. The summed E-state index contributed by atoms with van der Waals surface area (Å²) < 4.78 is 15.8. The molecule has 1 amide bonds. The van der Waals surface area contributed by atoms with Gasteiger partial charge in [-0.15, -0.1) is 0 Å². The van der Waals surface area contributed by atoms with Crippen LogP contribution in [0.3, 0.4) is 0 Å².